The summed E-state index contributed by atoms with van der Waals surface area (Å²) >= 11 is 0. The highest BCUT2D eigenvalue weighted by atomic mass is 19.1. The van der Waals surface area contributed by atoms with Gasteiger partial charge in [0.25, 0.3) is 0 Å². The van der Waals surface area contributed by atoms with E-state index in [-0.39, 0.29) is 11.7 Å². The number of rotatable bonds is 3. The Labute approximate surface area is 113 Å². The first-order valence-corrected chi connectivity index (χ1v) is 6.74. The van der Waals surface area contributed by atoms with E-state index < -0.39 is 5.41 Å². The summed E-state index contributed by atoms with van der Waals surface area (Å²) in [6.45, 7) is 6.93. The van der Waals surface area contributed by atoms with Gasteiger partial charge in [0.15, 0.2) is 0 Å². The lowest BCUT2D eigenvalue weighted by Crippen LogP contribution is -2.51. The van der Waals surface area contributed by atoms with Crippen molar-refractivity contribution >= 4 is 5.91 Å². The predicted molar refractivity (Wildman–Crippen MR) is 73.3 cm³/mol. The first-order chi connectivity index (χ1) is 9.00. The van der Waals surface area contributed by atoms with Gasteiger partial charge in [0.05, 0.1) is 0 Å². The average molecular weight is 264 g/mol. The van der Waals surface area contributed by atoms with Crippen molar-refractivity contribution in [1.29, 1.82) is 0 Å². The van der Waals surface area contributed by atoms with Gasteiger partial charge in [-0.15, -0.1) is 0 Å². The number of hydrogen-bond acceptors (Lipinski definition) is 2. The summed E-state index contributed by atoms with van der Waals surface area (Å²) in [5.74, 6) is -0.124. The Bertz CT molecular complexity index is 453. The molecule has 1 saturated heterocycles. The predicted octanol–water partition coefficient (Wildman–Crippen LogP) is 1.83. The second-order valence-electron chi connectivity index (χ2n) is 5.69. The third kappa shape index (κ3) is 3.32. The van der Waals surface area contributed by atoms with E-state index in [1.54, 1.807) is 12.1 Å². The summed E-state index contributed by atoms with van der Waals surface area (Å²) in [5, 5.41) is 3.23. The number of piperazine rings is 1. The van der Waals surface area contributed by atoms with Gasteiger partial charge in [-0.25, -0.2) is 4.39 Å². The Kier molecular flexibility index (Phi) is 4.20. The first-order valence-electron chi connectivity index (χ1n) is 6.74. The second-order valence-corrected chi connectivity index (χ2v) is 5.69. The van der Waals surface area contributed by atoms with Crippen LogP contribution in [0.3, 0.4) is 0 Å². The minimum absolute atomic E-state index is 0.109. The van der Waals surface area contributed by atoms with Crippen molar-refractivity contribution in [1.82, 2.24) is 10.2 Å². The molecule has 0 aliphatic carbocycles. The Morgan fingerprint density at radius 3 is 2.58 bits per heavy atom. The summed E-state index contributed by atoms with van der Waals surface area (Å²) in [4.78, 5) is 14.4. The first kappa shape index (κ1) is 14.0. The van der Waals surface area contributed by atoms with E-state index in [1.165, 1.54) is 6.07 Å². The third-order valence-corrected chi connectivity index (χ3v) is 3.57. The molecule has 3 nitrogen and oxygen atoms in total. The highest BCUT2D eigenvalue weighted by molar-refractivity contribution is 5.82. The van der Waals surface area contributed by atoms with Crippen LogP contribution in [0.4, 0.5) is 4.39 Å². The summed E-state index contributed by atoms with van der Waals surface area (Å²) in [6.07, 6.45) is 0.433. The van der Waals surface area contributed by atoms with Crippen LogP contribution in [0.2, 0.25) is 0 Å². The number of halogens is 1. The van der Waals surface area contributed by atoms with E-state index in [4.69, 9.17) is 0 Å². The fraction of sp³-hybridized carbons (Fsp3) is 0.533. The van der Waals surface area contributed by atoms with Crippen LogP contribution in [0.5, 0.6) is 0 Å². The Morgan fingerprint density at radius 1 is 1.32 bits per heavy atom. The Hall–Kier alpha value is -1.42. The van der Waals surface area contributed by atoms with E-state index in [1.807, 2.05) is 24.8 Å². The highest BCUT2D eigenvalue weighted by Gasteiger charge is 2.33. The van der Waals surface area contributed by atoms with Crippen LogP contribution in [0.15, 0.2) is 24.3 Å². The van der Waals surface area contributed by atoms with E-state index in [0.717, 1.165) is 26.2 Å². The van der Waals surface area contributed by atoms with Gasteiger partial charge in [0, 0.05) is 31.6 Å². The molecule has 1 aliphatic heterocycles. The largest absolute Gasteiger partial charge is 0.340 e. The standard InChI is InChI=1S/C15H21FN2O/c1-15(2,11-12-5-3-4-6-13(12)16)14(19)18-9-7-17-8-10-18/h3-6,17H,7-11H2,1-2H3. The number of hydrogen-bond donors (Lipinski definition) is 1. The quantitative estimate of drug-likeness (QED) is 0.903. The van der Waals surface area contributed by atoms with Crippen LogP contribution < -0.4 is 5.32 Å². The van der Waals surface area contributed by atoms with Crippen molar-refractivity contribution < 1.29 is 9.18 Å². The number of amides is 1. The van der Waals surface area contributed by atoms with Crippen LogP contribution in [0.25, 0.3) is 0 Å². The van der Waals surface area contributed by atoms with Crippen molar-refractivity contribution in [2.75, 3.05) is 26.2 Å². The fourth-order valence-corrected chi connectivity index (χ4v) is 2.49. The molecule has 2 rings (SSSR count). The molecule has 1 N–H and O–H groups in total. The van der Waals surface area contributed by atoms with Gasteiger partial charge in [0.1, 0.15) is 5.82 Å². The smallest absolute Gasteiger partial charge is 0.228 e. The van der Waals surface area contributed by atoms with Crippen LogP contribution in [-0.4, -0.2) is 37.0 Å². The molecule has 0 spiro atoms. The molecule has 1 aromatic rings. The van der Waals surface area contributed by atoms with Crippen LogP contribution >= 0.6 is 0 Å². The highest BCUT2D eigenvalue weighted by Crippen LogP contribution is 2.26. The summed E-state index contributed by atoms with van der Waals surface area (Å²) < 4.78 is 13.7. The molecule has 19 heavy (non-hydrogen) atoms. The molecule has 4 heteroatoms. The molecule has 104 valence electrons. The summed E-state index contributed by atoms with van der Waals surface area (Å²) in [6, 6.07) is 6.68. The molecule has 0 saturated carbocycles. The molecular weight excluding hydrogens is 243 g/mol. The molecule has 0 bridgehead atoms. The van der Waals surface area contributed by atoms with Crippen LogP contribution in [-0.2, 0) is 11.2 Å². The molecule has 1 aromatic carbocycles. The van der Waals surface area contributed by atoms with Crippen molar-refractivity contribution in [2.45, 2.75) is 20.3 Å². The topological polar surface area (TPSA) is 32.3 Å². The van der Waals surface area contributed by atoms with Crippen molar-refractivity contribution in [3.05, 3.63) is 35.6 Å². The van der Waals surface area contributed by atoms with Gasteiger partial charge in [0.2, 0.25) is 5.91 Å². The van der Waals surface area contributed by atoms with Crippen molar-refractivity contribution in [3.8, 4) is 0 Å². The van der Waals surface area contributed by atoms with Gasteiger partial charge in [-0.3, -0.25) is 4.79 Å². The molecule has 0 atom stereocenters. The SMILES string of the molecule is CC(C)(Cc1ccccc1F)C(=O)N1CCNCC1. The summed E-state index contributed by atoms with van der Waals surface area (Å²) in [7, 11) is 0. The molecule has 0 unspecified atom stereocenters. The normalized spacial score (nSPS) is 16.5. The van der Waals surface area contributed by atoms with Crippen LogP contribution in [0.1, 0.15) is 19.4 Å². The zero-order valence-corrected chi connectivity index (χ0v) is 11.6. The summed E-state index contributed by atoms with van der Waals surface area (Å²) in [5.41, 5.74) is 0.0375. The average Bonchev–Trinajstić information content (AvgIpc) is 2.41. The number of nitrogens with one attached hydrogen (secondary N) is 1. The Balaban J connectivity index is 2.08. The maximum Gasteiger partial charge on any atom is 0.228 e. The minimum atomic E-state index is -0.570. The molecule has 1 fully saturated rings. The molecule has 1 aliphatic rings. The second kappa shape index (κ2) is 5.70. The molecule has 0 radical (unpaired) electrons. The van der Waals surface area contributed by atoms with Gasteiger partial charge in [-0.1, -0.05) is 32.0 Å². The lowest BCUT2D eigenvalue weighted by molar-refractivity contribution is -0.140. The van der Waals surface area contributed by atoms with Crippen molar-refractivity contribution in [2.24, 2.45) is 5.41 Å². The number of benzene rings is 1. The lowest BCUT2D eigenvalue weighted by atomic mass is 9.84. The number of nitrogens with zero attached hydrogens (tertiary/aromatic N) is 1. The number of carbonyl (C=O) groups is 1. The van der Waals surface area contributed by atoms with E-state index in [9.17, 15) is 9.18 Å². The van der Waals surface area contributed by atoms with E-state index in [2.05, 4.69) is 5.32 Å². The monoisotopic (exact) mass is 264 g/mol. The van der Waals surface area contributed by atoms with Gasteiger partial charge < -0.3 is 10.2 Å². The third-order valence-electron chi connectivity index (χ3n) is 3.57. The minimum Gasteiger partial charge on any atom is -0.340 e. The maximum absolute atomic E-state index is 13.7. The zero-order valence-electron chi connectivity index (χ0n) is 11.6. The lowest BCUT2D eigenvalue weighted by Gasteiger charge is -2.34. The fourth-order valence-electron chi connectivity index (χ4n) is 2.49. The molecule has 1 amide bonds. The molecule has 0 aromatic heterocycles. The van der Waals surface area contributed by atoms with Crippen molar-refractivity contribution in [3.63, 3.8) is 0 Å². The van der Waals surface area contributed by atoms with Gasteiger partial charge in [-0.2, -0.15) is 0 Å². The van der Waals surface area contributed by atoms with Gasteiger partial charge in [-0.05, 0) is 18.1 Å². The van der Waals surface area contributed by atoms with E-state index >= 15 is 0 Å². The molecular formula is C15H21FN2O. The van der Waals surface area contributed by atoms with E-state index in [0.29, 0.717) is 12.0 Å². The van der Waals surface area contributed by atoms with Crippen LogP contribution in [0, 0.1) is 11.2 Å². The Morgan fingerprint density at radius 2 is 1.95 bits per heavy atom. The maximum atomic E-state index is 13.7. The molecule has 1 heterocycles. The van der Waals surface area contributed by atoms with Gasteiger partial charge >= 0.3 is 0 Å². The number of carbonyl (C=O) groups excluding carboxylic acids is 1. The zero-order chi connectivity index (χ0) is 13.9.